The second-order valence-electron chi connectivity index (χ2n) is 7.29. The van der Waals surface area contributed by atoms with Crippen LogP contribution in [0.3, 0.4) is 0 Å². The van der Waals surface area contributed by atoms with Gasteiger partial charge < -0.3 is 23.5 Å². The van der Waals surface area contributed by atoms with Crippen molar-refractivity contribution in [2.45, 2.75) is 20.4 Å². The van der Waals surface area contributed by atoms with Crippen LogP contribution in [0.25, 0.3) is 0 Å². The first-order valence-electron chi connectivity index (χ1n) is 9.86. The summed E-state index contributed by atoms with van der Waals surface area (Å²) >= 11 is 0. The van der Waals surface area contributed by atoms with Crippen molar-refractivity contribution >= 4 is 11.8 Å². The standard InChI is InChI=1S/C24H23NO6/c1-15-9-20(21(26)13-29-24(27)18-5-4-6-19(11-18)28-3)16(2)25(15)12-17-7-8-22-23(10-17)31-14-30-22/h4-11H,12-14H2,1-3H3. The molecule has 0 aliphatic carbocycles. The fraction of sp³-hybridized carbons (Fsp3) is 0.250. The Kier molecular flexibility index (Phi) is 5.66. The molecule has 0 radical (unpaired) electrons. The van der Waals surface area contributed by atoms with Crippen LogP contribution in [0.5, 0.6) is 17.2 Å². The van der Waals surface area contributed by atoms with Crippen molar-refractivity contribution in [3.63, 3.8) is 0 Å². The summed E-state index contributed by atoms with van der Waals surface area (Å²) in [6.07, 6.45) is 0. The van der Waals surface area contributed by atoms with E-state index in [2.05, 4.69) is 4.57 Å². The molecule has 0 saturated heterocycles. The van der Waals surface area contributed by atoms with E-state index >= 15 is 0 Å². The molecule has 1 aliphatic rings. The Morgan fingerprint density at radius 3 is 2.65 bits per heavy atom. The number of methoxy groups -OCH3 is 1. The molecule has 160 valence electrons. The third-order valence-corrected chi connectivity index (χ3v) is 5.29. The SMILES string of the molecule is COc1cccc(C(=O)OCC(=O)c2cc(C)n(Cc3ccc4c(c3)OCO4)c2C)c1. The molecular formula is C24H23NO6. The van der Waals surface area contributed by atoms with Gasteiger partial charge in [-0.1, -0.05) is 12.1 Å². The number of aryl methyl sites for hydroxylation is 1. The molecule has 0 atom stereocenters. The number of ether oxygens (including phenoxy) is 4. The summed E-state index contributed by atoms with van der Waals surface area (Å²) in [4.78, 5) is 25.0. The maximum atomic E-state index is 12.7. The van der Waals surface area contributed by atoms with Gasteiger partial charge in [-0.2, -0.15) is 0 Å². The van der Waals surface area contributed by atoms with E-state index in [0.717, 1.165) is 28.5 Å². The quantitative estimate of drug-likeness (QED) is 0.425. The summed E-state index contributed by atoms with van der Waals surface area (Å²) in [6, 6.07) is 14.2. The Balaban J connectivity index is 1.45. The number of benzene rings is 2. The molecule has 1 aromatic heterocycles. The zero-order chi connectivity index (χ0) is 22.0. The molecule has 4 rings (SSSR count). The van der Waals surface area contributed by atoms with Crippen molar-refractivity contribution in [3.05, 3.63) is 76.6 Å². The van der Waals surface area contributed by atoms with E-state index in [1.807, 2.05) is 38.1 Å². The number of fused-ring (bicyclic) bond motifs is 1. The second-order valence-corrected chi connectivity index (χ2v) is 7.29. The monoisotopic (exact) mass is 421 g/mol. The zero-order valence-corrected chi connectivity index (χ0v) is 17.6. The van der Waals surface area contributed by atoms with Gasteiger partial charge in [0, 0.05) is 23.5 Å². The molecule has 7 heteroatoms. The summed E-state index contributed by atoms with van der Waals surface area (Å²) < 4.78 is 23.2. The maximum Gasteiger partial charge on any atom is 0.338 e. The van der Waals surface area contributed by atoms with Crippen molar-refractivity contribution in [2.24, 2.45) is 0 Å². The summed E-state index contributed by atoms with van der Waals surface area (Å²) in [5.41, 5.74) is 3.67. The number of hydrogen-bond donors (Lipinski definition) is 0. The van der Waals surface area contributed by atoms with Crippen LogP contribution in [0.15, 0.2) is 48.5 Å². The van der Waals surface area contributed by atoms with Crippen LogP contribution in [0, 0.1) is 13.8 Å². The van der Waals surface area contributed by atoms with Gasteiger partial charge in [-0.25, -0.2) is 4.79 Å². The number of carbonyl (C=O) groups is 2. The van der Waals surface area contributed by atoms with E-state index in [-0.39, 0.29) is 19.2 Å². The molecule has 0 N–H and O–H groups in total. The van der Waals surface area contributed by atoms with Gasteiger partial charge in [0.25, 0.3) is 0 Å². The Hall–Kier alpha value is -3.74. The first-order valence-corrected chi connectivity index (χ1v) is 9.86. The average molecular weight is 421 g/mol. The number of rotatable bonds is 7. The molecule has 3 aromatic rings. The van der Waals surface area contributed by atoms with E-state index in [1.54, 1.807) is 24.3 Å². The molecule has 0 fully saturated rings. The molecule has 0 saturated carbocycles. The molecule has 7 nitrogen and oxygen atoms in total. The lowest BCUT2D eigenvalue weighted by molar-refractivity contribution is 0.0474. The Morgan fingerprint density at radius 1 is 1.03 bits per heavy atom. The zero-order valence-electron chi connectivity index (χ0n) is 17.6. The van der Waals surface area contributed by atoms with Crippen LogP contribution < -0.4 is 14.2 Å². The normalized spacial score (nSPS) is 12.0. The van der Waals surface area contributed by atoms with Gasteiger partial charge >= 0.3 is 5.97 Å². The van der Waals surface area contributed by atoms with Crippen molar-refractivity contribution < 1.29 is 28.5 Å². The van der Waals surface area contributed by atoms with Gasteiger partial charge in [-0.3, -0.25) is 4.79 Å². The van der Waals surface area contributed by atoms with Crippen LogP contribution >= 0.6 is 0 Å². The van der Waals surface area contributed by atoms with E-state index < -0.39 is 5.97 Å². The number of aromatic nitrogens is 1. The first kappa shape index (κ1) is 20.5. The van der Waals surface area contributed by atoms with Gasteiger partial charge in [0.05, 0.1) is 12.7 Å². The predicted octanol–water partition coefficient (Wildman–Crippen LogP) is 3.93. The number of Topliss-reactive ketones (excluding diaryl/α,β-unsaturated/α-hetero) is 1. The number of esters is 1. The molecular weight excluding hydrogens is 398 g/mol. The molecule has 0 spiro atoms. The van der Waals surface area contributed by atoms with Crippen molar-refractivity contribution in [2.75, 3.05) is 20.5 Å². The Labute approximate surface area is 180 Å². The molecule has 0 unspecified atom stereocenters. The summed E-state index contributed by atoms with van der Waals surface area (Å²) in [7, 11) is 1.52. The Morgan fingerprint density at radius 2 is 1.84 bits per heavy atom. The van der Waals surface area contributed by atoms with E-state index in [4.69, 9.17) is 18.9 Å². The van der Waals surface area contributed by atoms with Gasteiger partial charge in [0.15, 0.2) is 18.1 Å². The molecule has 31 heavy (non-hydrogen) atoms. The summed E-state index contributed by atoms with van der Waals surface area (Å²) in [6.45, 7) is 4.32. The van der Waals surface area contributed by atoms with Crippen molar-refractivity contribution in [1.82, 2.24) is 4.57 Å². The Bertz CT molecular complexity index is 1150. The number of carbonyl (C=O) groups excluding carboxylic acids is 2. The number of hydrogen-bond acceptors (Lipinski definition) is 6. The smallest absolute Gasteiger partial charge is 0.338 e. The molecule has 2 aromatic carbocycles. The first-order chi connectivity index (χ1) is 15.0. The third-order valence-electron chi connectivity index (χ3n) is 5.29. The lowest BCUT2D eigenvalue weighted by Crippen LogP contribution is -2.15. The van der Waals surface area contributed by atoms with Gasteiger partial charge in [0.2, 0.25) is 12.6 Å². The number of ketones is 1. The molecule has 1 aliphatic heterocycles. The van der Waals surface area contributed by atoms with E-state index in [9.17, 15) is 9.59 Å². The van der Waals surface area contributed by atoms with Gasteiger partial charge in [-0.15, -0.1) is 0 Å². The van der Waals surface area contributed by atoms with Crippen LogP contribution in [0.2, 0.25) is 0 Å². The number of nitrogens with zero attached hydrogens (tertiary/aromatic N) is 1. The van der Waals surface area contributed by atoms with E-state index in [0.29, 0.717) is 23.4 Å². The highest BCUT2D eigenvalue weighted by Crippen LogP contribution is 2.33. The topological polar surface area (TPSA) is 76.0 Å². The van der Waals surface area contributed by atoms with Crippen LogP contribution in [0.4, 0.5) is 0 Å². The lowest BCUT2D eigenvalue weighted by Gasteiger charge is -2.11. The van der Waals surface area contributed by atoms with Crippen molar-refractivity contribution in [3.8, 4) is 17.2 Å². The van der Waals surface area contributed by atoms with Crippen LogP contribution in [-0.2, 0) is 11.3 Å². The summed E-state index contributed by atoms with van der Waals surface area (Å²) in [5, 5.41) is 0. The fourth-order valence-electron chi connectivity index (χ4n) is 3.59. The highest BCUT2D eigenvalue weighted by Gasteiger charge is 2.19. The minimum absolute atomic E-state index is 0.230. The van der Waals surface area contributed by atoms with Gasteiger partial charge in [0.1, 0.15) is 5.75 Å². The molecule has 2 heterocycles. The second kappa shape index (κ2) is 8.55. The van der Waals surface area contributed by atoms with Crippen LogP contribution in [-0.4, -0.2) is 36.8 Å². The largest absolute Gasteiger partial charge is 0.497 e. The fourth-order valence-corrected chi connectivity index (χ4v) is 3.59. The van der Waals surface area contributed by atoms with E-state index in [1.165, 1.54) is 7.11 Å². The minimum atomic E-state index is -0.568. The maximum absolute atomic E-state index is 12.7. The lowest BCUT2D eigenvalue weighted by atomic mass is 10.1. The summed E-state index contributed by atoms with van der Waals surface area (Å²) in [5.74, 6) is 1.19. The highest BCUT2D eigenvalue weighted by molar-refractivity contribution is 6.00. The molecule has 0 amide bonds. The van der Waals surface area contributed by atoms with Crippen LogP contribution in [0.1, 0.15) is 37.7 Å². The van der Waals surface area contributed by atoms with Gasteiger partial charge in [-0.05, 0) is 55.8 Å². The highest BCUT2D eigenvalue weighted by atomic mass is 16.7. The third kappa shape index (κ3) is 4.26. The predicted molar refractivity (Wildman–Crippen MR) is 113 cm³/mol. The minimum Gasteiger partial charge on any atom is -0.497 e. The average Bonchev–Trinajstić information content (AvgIpc) is 3.36. The molecule has 0 bridgehead atoms. The van der Waals surface area contributed by atoms with Crippen molar-refractivity contribution in [1.29, 1.82) is 0 Å².